The molecule has 0 aliphatic heterocycles. The summed E-state index contributed by atoms with van der Waals surface area (Å²) in [5, 5.41) is 14.5. The van der Waals surface area contributed by atoms with E-state index in [0.717, 1.165) is 51.4 Å². The molecule has 4 aliphatic rings. The molecule has 2 saturated carbocycles. The second kappa shape index (κ2) is 9.83. The van der Waals surface area contributed by atoms with E-state index in [0.29, 0.717) is 25.7 Å². The first-order valence-corrected chi connectivity index (χ1v) is 15.3. The standard InChI is InChI=1S/C32H34F5NO2S/c1-18-38-22(17-41-18)9-5-19-3-6-20(7-4-19)26-16-29(2)27(13-14-30(29,40)31(33,34)32(35,36)37)25-11-8-21-15-23(39)10-12-24(21)28(25)26/h3-4,6-7,15,17,25-27,40H,5,8-14,16H2,1-2H3/t25-,26+,27-,29-,30-/m0/s1. The van der Waals surface area contributed by atoms with Gasteiger partial charge in [-0.15, -0.1) is 11.3 Å². The number of aryl methyl sites for hydroxylation is 3. The van der Waals surface area contributed by atoms with Crippen molar-refractivity contribution in [2.24, 2.45) is 17.3 Å². The summed E-state index contributed by atoms with van der Waals surface area (Å²) in [4.78, 5) is 16.7. The number of aliphatic hydroxyl groups is 1. The molecule has 1 aromatic carbocycles. The Morgan fingerprint density at radius 2 is 1.78 bits per heavy atom. The summed E-state index contributed by atoms with van der Waals surface area (Å²) in [5.41, 5.74) is 1.27. The number of fused-ring (bicyclic) bond motifs is 4. The van der Waals surface area contributed by atoms with E-state index >= 15 is 8.78 Å². The molecule has 1 heterocycles. The Bertz CT molecular complexity index is 1420. The number of thiazole rings is 1. The van der Waals surface area contributed by atoms with Crippen LogP contribution in [0.2, 0.25) is 0 Å². The summed E-state index contributed by atoms with van der Waals surface area (Å²) in [6, 6.07) is 7.92. The number of benzene rings is 1. The molecule has 0 radical (unpaired) electrons. The Labute approximate surface area is 240 Å². The number of hydrogen-bond acceptors (Lipinski definition) is 4. The molecule has 2 fully saturated rings. The van der Waals surface area contributed by atoms with Gasteiger partial charge in [-0.25, -0.2) is 4.98 Å². The van der Waals surface area contributed by atoms with Crippen LogP contribution in [-0.2, 0) is 17.6 Å². The second-order valence-electron chi connectivity index (χ2n) is 12.6. The van der Waals surface area contributed by atoms with Gasteiger partial charge in [0.2, 0.25) is 0 Å². The summed E-state index contributed by atoms with van der Waals surface area (Å²) in [6.45, 7) is 3.42. The summed E-state index contributed by atoms with van der Waals surface area (Å²) in [5.74, 6) is -6.30. The molecule has 0 spiro atoms. The molecule has 0 bridgehead atoms. The number of carbonyl (C=O) groups excluding carboxylic acids is 1. The molecule has 0 saturated heterocycles. The first-order chi connectivity index (χ1) is 19.2. The van der Waals surface area contributed by atoms with E-state index in [-0.39, 0.29) is 24.5 Å². The predicted octanol–water partition coefficient (Wildman–Crippen LogP) is 8.06. The van der Waals surface area contributed by atoms with Gasteiger partial charge in [-0.3, -0.25) is 4.79 Å². The number of allylic oxidation sites excluding steroid dienone is 4. The second-order valence-corrected chi connectivity index (χ2v) is 13.6. The van der Waals surface area contributed by atoms with E-state index in [9.17, 15) is 23.1 Å². The molecule has 2 aromatic rings. The van der Waals surface area contributed by atoms with Crippen LogP contribution in [-0.4, -0.2) is 33.6 Å². The Kier molecular flexibility index (Phi) is 6.89. The Balaban J connectivity index is 1.40. The summed E-state index contributed by atoms with van der Waals surface area (Å²) in [7, 11) is 0. The topological polar surface area (TPSA) is 50.2 Å². The number of nitrogens with zero attached hydrogens (tertiary/aromatic N) is 1. The number of hydrogen-bond donors (Lipinski definition) is 1. The van der Waals surface area contributed by atoms with Crippen LogP contribution in [0.3, 0.4) is 0 Å². The fourth-order valence-corrected chi connectivity index (χ4v) is 9.07. The third-order valence-electron chi connectivity index (χ3n) is 10.5. The van der Waals surface area contributed by atoms with E-state index in [1.807, 2.05) is 36.6 Å². The van der Waals surface area contributed by atoms with Crippen molar-refractivity contribution in [3.8, 4) is 0 Å². The van der Waals surface area contributed by atoms with Gasteiger partial charge in [-0.1, -0.05) is 36.8 Å². The first kappa shape index (κ1) is 28.7. The largest absolute Gasteiger partial charge is 0.456 e. The van der Waals surface area contributed by atoms with Crippen LogP contribution in [0.15, 0.2) is 52.4 Å². The fourth-order valence-electron chi connectivity index (χ4n) is 8.43. The van der Waals surface area contributed by atoms with Gasteiger partial charge in [0, 0.05) is 23.1 Å². The maximum Gasteiger partial charge on any atom is 0.456 e. The minimum atomic E-state index is -5.85. The molecule has 0 amide bonds. The monoisotopic (exact) mass is 591 g/mol. The van der Waals surface area contributed by atoms with Crippen LogP contribution in [0.5, 0.6) is 0 Å². The quantitative estimate of drug-likeness (QED) is 0.358. The summed E-state index contributed by atoms with van der Waals surface area (Å²) in [6.07, 6.45) is -0.986. The van der Waals surface area contributed by atoms with E-state index in [1.165, 1.54) is 6.92 Å². The van der Waals surface area contributed by atoms with Gasteiger partial charge in [0.15, 0.2) is 5.78 Å². The van der Waals surface area contributed by atoms with Gasteiger partial charge in [0.05, 0.1) is 10.7 Å². The van der Waals surface area contributed by atoms with Crippen LogP contribution in [0.4, 0.5) is 22.0 Å². The smallest absolute Gasteiger partial charge is 0.383 e. The maximum absolute atomic E-state index is 15.1. The minimum absolute atomic E-state index is 0.00611. The van der Waals surface area contributed by atoms with E-state index in [4.69, 9.17) is 0 Å². The lowest BCUT2D eigenvalue weighted by molar-refractivity contribution is -0.362. The average Bonchev–Trinajstić information content (AvgIpc) is 3.46. The van der Waals surface area contributed by atoms with Gasteiger partial charge < -0.3 is 5.11 Å². The highest BCUT2D eigenvalue weighted by molar-refractivity contribution is 7.09. The highest BCUT2D eigenvalue weighted by Gasteiger charge is 2.79. The normalized spacial score (nSPS) is 32.0. The first-order valence-electron chi connectivity index (χ1n) is 14.4. The van der Waals surface area contributed by atoms with E-state index in [2.05, 4.69) is 4.98 Å². The molecule has 41 heavy (non-hydrogen) atoms. The van der Waals surface area contributed by atoms with Crippen molar-refractivity contribution in [3.05, 3.63) is 74.3 Å². The van der Waals surface area contributed by atoms with Crippen LogP contribution < -0.4 is 0 Å². The fraction of sp³-hybridized carbons (Fsp3) is 0.562. The predicted molar refractivity (Wildman–Crippen MR) is 147 cm³/mol. The van der Waals surface area contributed by atoms with Crippen molar-refractivity contribution in [1.82, 2.24) is 4.98 Å². The van der Waals surface area contributed by atoms with Crippen molar-refractivity contribution >= 4 is 17.1 Å². The lowest BCUT2D eigenvalue weighted by Gasteiger charge is -2.56. The van der Waals surface area contributed by atoms with Gasteiger partial charge >= 0.3 is 12.1 Å². The number of rotatable bonds is 5. The van der Waals surface area contributed by atoms with E-state index < -0.39 is 41.4 Å². The SMILES string of the molecule is Cc1nc(CCc2ccc([C@H]3C[C@@]4(C)[C@@H](CC[C@@]4(O)C(F)(F)C(F)(F)F)[C@@H]4CCC5=CC(=O)CCC5=C43)cc2)cs1. The van der Waals surface area contributed by atoms with Gasteiger partial charge in [0.25, 0.3) is 0 Å². The van der Waals surface area contributed by atoms with Crippen molar-refractivity contribution < 1.29 is 31.9 Å². The van der Waals surface area contributed by atoms with Crippen molar-refractivity contribution in [1.29, 1.82) is 0 Å². The lowest BCUT2D eigenvalue weighted by atomic mass is 9.50. The Morgan fingerprint density at radius 1 is 1.05 bits per heavy atom. The van der Waals surface area contributed by atoms with Crippen LogP contribution >= 0.6 is 11.3 Å². The number of ketones is 1. The van der Waals surface area contributed by atoms with Crippen molar-refractivity contribution in [2.45, 2.75) is 95.3 Å². The van der Waals surface area contributed by atoms with Crippen LogP contribution in [0.1, 0.15) is 79.6 Å². The molecular weight excluding hydrogens is 557 g/mol. The highest BCUT2D eigenvalue weighted by Crippen LogP contribution is 2.70. The molecule has 1 aromatic heterocycles. The number of halogens is 5. The summed E-state index contributed by atoms with van der Waals surface area (Å²) < 4.78 is 71.5. The highest BCUT2D eigenvalue weighted by atomic mass is 32.1. The van der Waals surface area contributed by atoms with Crippen molar-refractivity contribution in [3.63, 3.8) is 0 Å². The number of alkyl halides is 5. The van der Waals surface area contributed by atoms with E-state index in [1.54, 1.807) is 17.4 Å². The van der Waals surface area contributed by atoms with Crippen LogP contribution in [0.25, 0.3) is 0 Å². The molecule has 6 rings (SSSR count). The third kappa shape index (κ3) is 4.44. The lowest BCUT2D eigenvalue weighted by Crippen LogP contribution is -2.65. The zero-order valence-corrected chi connectivity index (χ0v) is 24.0. The number of carbonyl (C=O) groups is 1. The molecule has 3 nitrogen and oxygen atoms in total. The zero-order chi connectivity index (χ0) is 29.4. The summed E-state index contributed by atoms with van der Waals surface area (Å²) >= 11 is 1.60. The third-order valence-corrected chi connectivity index (χ3v) is 11.3. The maximum atomic E-state index is 15.1. The molecule has 4 aliphatic carbocycles. The number of aromatic nitrogens is 1. The zero-order valence-electron chi connectivity index (χ0n) is 23.2. The molecular formula is C32H34F5NO2S. The van der Waals surface area contributed by atoms with Crippen LogP contribution in [0, 0.1) is 24.2 Å². The molecule has 9 heteroatoms. The van der Waals surface area contributed by atoms with Gasteiger partial charge in [-0.05, 0) is 98.5 Å². The molecule has 1 N–H and O–H groups in total. The van der Waals surface area contributed by atoms with Gasteiger partial charge in [0.1, 0.15) is 5.60 Å². The molecule has 0 unspecified atom stereocenters. The Hall–Kier alpha value is -2.39. The minimum Gasteiger partial charge on any atom is -0.383 e. The Morgan fingerprint density at radius 3 is 2.44 bits per heavy atom. The van der Waals surface area contributed by atoms with Crippen molar-refractivity contribution in [2.75, 3.05) is 0 Å². The van der Waals surface area contributed by atoms with Gasteiger partial charge in [-0.2, -0.15) is 22.0 Å². The molecule has 220 valence electrons. The average molecular weight is 592 g/mol. The molecule has 5 atom stereocenters.